The number of halogens is 2. The van der Waals surface area contributed by atoms with E-state index in [4.69, 9.17) is 45.1 Å². The molecule has 3 aromatic rings. The predicted molar refractivity (Wildman–Crippen MR) is 110 cm³/mol. The number of nitrogens with one attached hydrogen (secondary N) is 2. The summed E-state index contributed by atoms with van der Waals surface area (Å²) < 4.78 is 0. The summed E-state index contributed by atoms with van der Waals surface area (Å²) in [6.07, 6.45) is 1.51. The van der Waals surface area contributed by atoms with Gasteiger partial charge in [0, 0.05) is 16.1 Å². The maximum atomic E-state index is 7.76. The van der Waals surface area contributed by atoms with E-state index in [2.05, 4.69) is 9.97 Å². The third-order valence-electron chi connectivity index (χ3n) is 4.53. The maximum Gasteiger partial charge on any atom is 0.200 e. The SMILES string of the molecule is N=C(N)c1cccc2c1CCC2=Nc1nc(N)[nH]c1-c1ccc(Cl)cc1Cl. The quantitative estimate of drug-likeness (QED) is 0.388. The molecule has 6 nitrogen and oxygen atoms in total. The van der Waals surface area contributed by atoms with Crippen molar-refractivity contribution in [3.05, 3.63) is 63.1 Å². The van der Waals surface area contributed by atoms with Crippen LogP contribution in [-0.2, 0) is 6.42 Å². The van der Waals surface area contributed by atoms with Gasteiger partial charge in [-0.15, -0.1) is 0 Å². The fraction of sp³-hybridized carbons (Fsp3) is 0.105. The Labute approximate surface area is 165 Å². The minimum atomic E-state index is 0.0609. The van der Waals surface area contributed by atoms with Gasteiger partial charge in [0.1, 0.15) is 5.84 Å². The van der Waals surface area contributed by atoms with Crippen molar-refractivity contribution in [1.82, 2.24) is 9.97 Å². The Bertz CT molecular complexity index is 1100. The number of hydrogen-bond donors (Lipinski definition) is 4. The van der Waals surface area contributed by atoms with Crippen LogP contribution in [0.2, 0.25) is 10.0 Å². The molecular weight excluding hydrogens is 383 g/mol. The van der Waals surface area contributed by atoms with Crippen molar-refractivity contribution in [1.29, 1.82) is 5.41 Å². The zero-order valence-corrected chi connectivity index (χ0v) is 15.7. The molecule has 0 amide bonds. The van der Waals surface area contributed by atoms with Crippen molar-refractivity contribution in [2.75, 3.05) is 5.73 Å². The van der Waals surface area contributed by atoms with E-state index in [0.717, 1.165) is 40.8 Å². The molecule has 2 aromatic carbocycles. The van der Waals surface area contributed by atoms with Crippen molar-refractivity contribution in [2.45, 2.75) is 12.8 Å². The maximum absolute atomic E-state index is 7.76. The van der Waals surface area contributed by atoms with Crippen LogP contribution in [-0.4, -0.2) is 21.5 Å². The van der Waals surface area contributed by atoms with Gasteiger partial charge in [-0.3, -0.25) is 5.41 Å². The summed E-state index contributed by atoms with van der Waals surface area (Å²) in [5.74, 6) is 0.782. The molecule has 0 unspecified atom stereocenters. The number of anilines is 1. The van der Waals surface area contributed by atoms with Crippen molar-refractivity contribution in [3.63, 3.8) is 0 Å². The number of hydrogen-bond acceptors (Lipinski definition) is 4. The van der Waals surface area contributed by atoms with E-state index >= 15 is 0 Å². The lowest BCUT2D eigenvalue weighted by Crippen LogP contribution is -2.13. The average Bonchev–Trinajstić information content (AvgIpc) is 3.18. The average molecular weight is 399 g/mol. The summed E-state index contributed by atoms with van der Waals surface area (Å²) in [7, 11) is 0. The first-order valence-corrected chi connectivity index (χ1v) is 9.04. The highest BCUT2D eigenvalue weighted by atomic mass is 35.5. The van der Waals surface area contributed by atoms with Crippen molar-refractivity contribution in [2.24, 2.45) is 10.7 Å². The number of benzene rings is 2. The van der Waals surface area contributed by atoms with Crippen LogP contribution < -0.4 is 11.5 Å². The second-order valence-electron chi connectivity index (χ2n) is 6.25. The standard InChI is InChI=1S/C19H16Cl2N6/c20-9-4-5-13(14(21)8-9)16-18(27-19(24)26-16)25-15-7-6-10-11(15)2-1-3-12(10)17(22)23/h1-5,8H,6-7H2,(H3,22,23)(H3,24,26,27). The van der Waals surface area contributed by atoms with E-state index in [1.165, 1.54) is 0 Å². The summed E-state index contributed by atoms with van der Waals surface area (Å²) >= 11 is 12.3. The van der Waals surface area contributed by atoms with Crippen LogP contribution in [0.1, 0.15) is 23.1 Å². The van der Waals surface area contributed by atoms with Gasteiger partial charge < -0.3 is 16.5 Å². The lowest BCUT2D eigenvalue weighted by atomic mass is 10.0. The molecule has 0 saturated heterocycles. The fourth-order valence-corrected chi connectivity index (χ4v) is 3.85. The van der Waals surface area contributed by atoms with Crippen LogP contribution in [0, 0.1) is 5.41 Å². The zero-order valence-electron chi connectivity index (χ0n) is 14.2. The van der Waals surface area contributed by atoms with Crippen LogP contribution in [0.3, 0.4) is 0 Å². The van der Waals surface area contributed by atoms with E-state index < -0.39 is 0 Å². The van der Waals surface area contributed by atoms with Gasteiger partial charge in [0.2, 0.25) is 0 Å². The van der Waals surface area contributed by atoms with Gasteiger partial charge in [0.05, 0.1) is 16.4 Å². The zero-order chi connectivity index (χ0) is 19.1. The number of fused-ring (bicyclic) bond motifs is 1. The van der Waals surface area contributed by atoms with E-state index in [-0.39, 0.29) is 11.8 Å². The normalized spacial score (nSPS) is 14.5. The highest BCUT2D eigenvalue weighted by Crippen LogP contribution is 2.36. The number of nitrogens with zero attached hydrogens (tertiary/aromatic N) is 2. The van der Waals surface area contributed by atoms with E-state index in [1.807, 2.05) is 18.2 Å². The first-order chi connectivity index (χ1) is 12.9. The van der Waals surface area contributed by atoms with Crippen LogP contribution >= 0.6 is 23.2 Å². The number of nitrogen functional groups attached to an aromatic ring is 2. The molecule has 27 heavy (non-hydrogen) atoms. The van der Waals surface area contributed by atoms with Crippen LogP contribution in [0.4, 0.5) is 11.8 Å². The van der Waals surface area contributed by atoms with Crippen molar-refractivity contribution in [3.8, 4) is 11.3 Å². The molecule has 0 spiro atoms. The van der Waals surface area contributed by atoms with Crippen LogP contribution in [0.5, 0.6) is 0 Å². The number of aromatic amines is 1. The molecule has 1 aliphatic rings. The van der Waals surface area contributed by atoms with Gasteiger partial charge in [0.25, 0.3) is 0 Å². The molecule has 0 fully saturated rings. The summed E-state index contributed by atoms with van der Waals surface area (Å²) in [6, 6.07) is 10.9. The Kier molecular flexibility index (Phi) is 4.37. The van der Waals surface area contributed by atoms with Gasteiger partial charge >= 0.3 is 0 Å². The molecule has 0 atom stereocenters. The third kappa shape index (κ3) is 3.18. The number of amidine groups is 1. The summed E-state index contributed by atoms with van der Waals surface area (Å²) in [5, 5.41) is 8.79. The third-order valence-corrected chi connectivity index (χ3v) is 5.08. The van der Waals surface area contributed by atoms with Gasteiger partial charge in [-0.1, -0.05) is 41.4 Å². The number of imidazole rings is 1. The van der Waals surface area contributed by atoms with Gasteiger partial charge in [-0.25, -0.2) is 4.99 Å². The lowest BCUT2D eigenvalue weighted by Gasteiger charge is -2.06. The molecule has 4 rings (SSSR count). The number of nitrogens with two attached hydrogens (primary N) is 2. The second-order valence-corrected chi connectivity index (χ2v) is 7.09. The molecule has 1 aromatic heterocycles. The monoisotopic (exact) mass is 398 g/mol. The minimum Gasteiger partial charge on any atom is -0.384 e. The molecule has 0 bridgehead atoms. The molecular formula is C19H16Cl2N6. The lowest BCUT2D eigenvalue weighted by molar-refractivity contribution is 1.08. The molecule has 136 valence electrons. The molecule has 8 heteroatoms. The summed E-state index contributed by atoms with van der Waals surface area (Å²) in [4.78, 5) is 12.1. The van der Waals surface area contributed by atoms with Crippen molar-refractivity contribution >= 4 is 46.5 Å². The fourth-order valence-electron chi connectivity index (χ4n) is 3.34. The van der Waals surface area contributed by atoms with E-state index in [0.29, 0.717) is 21.6 Å². The highest BCUT2D eigenvalue weighted by molar-refractivity contribution is 6.36. The van der Waals surface area contributed by atoms with Gasteiger partial charge in [-0.05, 0) is 42.2 Å². The van der Waals surface area contributed by atoms with Crippen LogP contribution in [0.25, 0.3) is 11.3 Å². The highest BCUT2D eigenvalue weighted by Gasteiger charge is 2.23. The molecule has 0 saturated carbocycles. The Balaban J connectivity index is 1.82. The molecule has 6 N–H and O–H groups in total. The molecule has 1 aliphatic carbocycles. The minimum absolute atomic E-state index is 0.0609. The van der Waals surface area contributed by atoms with E-state index in [1.54, 1.807) is 18.2 Å². The smallest absolute Gasteiger partial charge is 0.200 e. The number of rotatable bonds is 3. The van der Waals surface area contributed by atoms with Gasteiger partial charge in [0.15, 0.2) is 11.8 Å². The molecule has 1 heterocycles. The molecule has 0 aliphatic heterocycles. The summed E-state index contributed by atoms with van der Waals surface area (Å²) in [6.45, 7) is 0. The Morgan fingerprint density at radius 3 is 2.70 bits per heavy atom. The summed E-state index contributed by atoms with van der Waals surface area (Å²) in [5.41, 5.74) is 16.6. The van der Waals surface area contributed by atoms with E-state index in [9.17, 15) is 0 Å². The largest absolute Gasteiger partial charge is 0.384 e. The topological polar surface area (TPSA) is 117 Å². The second kappa shape index (κ2) is 6.72. The number of H-pyrrole nitrogens is 1. The Morgan fingerprint density at radius 1 is 1.15 bits per heavy atom. The van der Waals surface area contributed by atoms with Crippen molar-refractivity contribution < 1.29 is 0 Å². The molecule has 0 radical (unpaired) electrons. The Hall–Kier alpha value is -2.83. The van der Waals surface area contributed by atoms with Crippen LogP contribution in [0.15, 0.2) is 41.4 Å². The predicted octanol–water partition coefficient (Wildman–Crippen LogP) is 4.32. The number of aliphatic imine (C=N–C) groups is 1. The number of aromatic nitrogens is 2. The first-order valence-electron chi connectivity index (χ1n) is 8.29. The Morgan fingerprint density at radius 2 is 1.96 bits per heavy atom. The first kappa shape index (κ1) is 17.6. The van der Waals surface area contributed by atoms with Gasteiger partial charge in [-0.2, -0.15) is 4.98 Å².